The lowest BCUT2D eigenvalue weighted by Gasteiger charge is -2.26. The van der Waals surface area contributed by atoms with E-state index in [4.69, 9.17) is 14.2 Å². The fourth-order valence-electron chi connectivity index (χ4n) is 4.24. The van der Waals surface area contributed by atoms with Crippen LogP contribution in [0.2, 0.25) is 0 Å². The minimum absolute atomic E-state index is 0.0886. The first-order valence-corrected chi connectivity index (χ1v) is 11.8. The van der Waals surface area contributed by atoms with E-state index in [1.807, 2.05) is 6.92 Å². The number of Topliss-reactive ketones (excluding diaryl/α,β-unsaturated/α-hetero) is 1. The number of esters is 1. The second-order valence-electron chi connectivity index (χ2n) is 8.36. The van der Waals surface area contributed by atoms with Crippen LogP contribution in [0.3, 0.4) is 0 Å². The van der Waals surface area contributed by atoms with Gasteiger partial charge in [0.15, 0.2) is 0 Å². The molecule has 1 heterocycles. The van der Waals surface area contributed by atoms with Gasteiger partial charge in [-0.3, -0.25) is 14.5 Å². The number of nitrogens with zero attached hydrogens (tertiary/aromatic N) is 1. The van der Waals surface area contributed by atoms with Gasteiger partial charge in [0.25, 0.3) is 11.7 Å². The molecule has 1 aliphatic heterocycles. The van der Waals surface area contributed by atoms with Crippen LogP contribution in [-0.2, 0) is 14.3 Å². The summed E-state index contributed by atoms with van der Waals surface area (Å²) >= 11 is 0. The lowest BCUT2D eigenvalue weighted by atomic mass is 9.95. The zero-order chi connectivity index (χ0) is 26.5. The van der Waals surface area contributed by atoms with Gasteiger partial charge < -0.3 is 19.3 Å². The zero-order valence-corrected chi connectivity index (χ0v) is 20.8. The molecule has 37 heavy (non-hydrogen) atoms. The van der Waals surface area contributed by atoms with Crippen molar-refractivity contribution >= 4 is 29.1 Å². The topological polar surface area (TPSA) is 102 Å². The maximum atomic E-state index is 13.4. The van der Waals surface area contributed by atoms with E-state index in [0.29, 0.717) is 34.9 Å². The van der Waals surface area contributed by atoms with Crippen LogP contribution in [0.15, 0.2) is 78.4 Å². The van der Waals surface area contributed by atoms with Gasteiger partial charge in [0.1, 0.15) is 17.3 Å². The highest BCUT2D eigenvalue weighted by atomic mass is 16.5. The molecule has 4 rings (SSSR count). The Morgan fingerprint density at radius 2 is 1.62 bits per heavy atom. The molecule has 8 heteroatoms. The summed E-state index contributed by atoms with van der Waals surface area (Å²) < 4.78 is 15.9. The van der Waals surface area contributed by atoms with Gasteiger partial charge in [-0.2, -0.15) is 0 Å². The fourth-order valence-corrected chi connectivity index (χ4v) is 4.24. The molecule has 1 unspecified atom stereocenters. The van der Waals surface area contributed by atoms with Crippen molar-refractivity contribution in [2.24, 2.45) is 0 Å². The number of amides is 1. The Balaban J connectivity index is 1.91. The van der Waals surface area contributed by atoms with E-state index in [9.17, 15) is 19.5 Å². The molecule has 0 aromatic heterocycles. The number of methoxy groups -OCH3 is 2. The number of carbonyl (C=O) groups is 3. The van der Waals surface area contributed by atoms with Crippen LogP contribution in [0.1, 0.15) is 40.9 Å². The quantitative estimate of drug-likeness (QED) is 0.203. The lowest BCUT2D eigenvalue weighted by molar-refractivity contribution is -0.132. The molecule has 1 N–H and O–H groups in total. The summed E-state index contributed by atoms with van der Waals surface area (Å²) in [4.78, 5) is 40.2. The summed E-state index contributed by atoms with van der Waals surface area (Å²) in [6.07, 6.45) is 0.807. The number of ketones is 1. The highest BCUT2D eigenvalue weighted by Gasteiger charge is 2.47. The van der Waals surface area contributed by atoms with E-state index in [1.54, 1.807) is 66.7 Å². The molecule has 1 atom stereocenters. The van der Waals surface area contributed by atoms with Crippen LogP contribution in [0.25, 0.3) is 5.76 Å². The molecule has 0 bridgehead atoms. The minimum Gasteiger partial charge on any atom is -0.507 e. The van der Waals surface area contributed by atoms with Gasteiger partial charge >= 0.3 is 5.97 Å². The van der Waals surface area contributed by atoms with E-state index in [-0.39, 0.29) is 16.9 Å². The van der Waals surface area contributed by atoms with Crippen molar-refractivity contribution in [1.29, 1.82) is 0 Å². The van der Waals surface area contributed by atoms with Crippen LogP contribution in [0, 0.1) is 0 Å². The Labute approximate surface area is 214 Å². The third-order valence-corrected chi connectivity index (χ3v) is 5.98. The van der Waals surface area contributed by atoms with Crippen molar-refractivity contribution in [3.63, 3.8) is 0 Å². The molecule has 8 nitrogen and oxygen atoms in total. The zero-order valence-electron chi connectivity index (χ0n) is 20.8. The highest BCUT2D eigenvalue weighted by Crippen LogP contribution is 2.43. The number of ether oxygens (including phenoxy) is 3. The Bertz CT molecular complexity index is 1380. The van der Waals surface area contributed by atoms with E-state index >= 15 is 0 Å². The van der Waals surface area contributed by atoms with Crippen molar-refractivity contribution in [1.82, 2.24) is 0 Å². The molecule has 0 spiro atoms. The molecular formula is C29H27NO7. The molecule has 1 fully saturated rings. The molecule has 1 aliphatic rings. The Morgan fingerprint density at radius 3 is 2.35 bits per heavy atom. The van der Waals surface area contributed by atoms with Gasteiger partial charge in [0.2, 0.25) is 0 Å². The first kappa shape index (κ1) is 25.5. The Morgan fingerprint density at radius 1 is 0.919 bits per heavy atom. The summed E-state index contributed by atoms with van der Waals surface area (Å²) in [6, 6.07) is 18.9. The lowest BCUT2D eigenvalue weighted by Crippen LogP contribution is -2.29. The molecule has 3 aromatic carbocycles. The second-order valence-corrected chi connectivity index (χ2v) is 8.36. The van der Waals surface area contributed by atoms with Gasteiger partial charge in [-0.1, -0.05) is 37.3 Å². The van der Waals surface area contributed by atoms with Crippen LogP contribution in [0.4, 0.5) is 5.69 Å². The average molecular weight is 502 g/mol. The van der Waals surface area contributed by atoms with Crippen LogP contribution >= 0.6 is 0 Å². The summed E-state index contributed by atoms with van der Waals surface area (Å²) in [5, 5.41) is 11.4. The molecule has 0 aliphatic carbocycles. The number of anilines is 1. The molecule has 1 amide bonds. The van der Waals surface area contributed by atoms with E-state index in [2.05, 4.69) is 0 Å². The summed E-state index contributed by atoms with van der Waals surface area (Å²) in [5.41, 5.74) is 1.31. The van der Waals surface area contributed by atoms with E-state index < -0.39 is 23.7 Å². The van der Waals surface area contributed by atoms with Gasteiger partial charge in [-0.25, -0.2) is 4.79 Å². The standard InChI is InChI=1S/C29H27NO7/c1-4-14-37-23-13-7-9-19(17-23)26(31)24-25(18-8-6-12-22(16-18)35-2)30(28(33)27(24)32)21-11-5-10-20(15-21)29(34)36-3/h5-13,15-17,25,31H,4,14H2,1-3H3/b26-24+. The first-order valence-electron chi connectivity index (χ1n) is 11.8. The number of carbonyl (C=O) groups excluding carboxylic acids is 3. The van der Waals surface area contributed by atoms with E-state index in [0.717, 1.165) is 6.42 Å². The van der Waals surface area contributed by atoms with Crippen molar-refractivity contribution in [3.05, 3.63) is 95.1 Å². The number of hydrogen-bond acceptors (Lipinski definition) is 7. The number of aliphatic hydroxyl groups excluding tert-OH is 1. The maximum Gasteiger partial charge on any atom is 0.337 e. The minimum atomic E-state index is -0.983. The molecule has 1 saturated heterocycles. The number of benzene rings is 3. The summed E-state index contributed by atoms with van der Waals surface area (Å²) in [5.74, 6) is -1.56. The normalized spacial score (nSPS) is 16.5. The average Bonchev–Trinajstić information content (AvgIpc) is 3.21. The first-order chi connectivity index (χ1) is 17.9. The van der Waals surface area contributed by atoms with Crippen molar-refractivity contribution in [2.45, 2.75) is 19.4 Å². The second kappa shape index (κ2) is 11.0. The van der Waals surface area contributed by atoms with Crippen LogP contribution in [-0.4, -0.2) is 43.6 Å². The highest BCUT2D eigenvalue weighted by molar-refractivity contribution is 6.51. The summed E-state index contributed by atoms with van der Waals surface area (Å²) in [7, 11) is 2.77. The number of rotatable bonds is 8. The van der Waals surface area contributed by atoms with E-state index in [1.165, 1.54) is 25.2 Å². The fraction of sp³-hybridized carbons (Fsp3) is 0.207. The molecular weight excluding hydrogens is 474 g/mol. The van der Waals surface area contributed by atoms with Crippen LogP contribution in [0.5, 0.6) is 11.5 Å². The molecule has 0 saturated carbocycles. The summed E-state index contributed by atoms with van der Waals surface area (Å²) in [6.45, 7) is 2.48. The smallest absolute Gasteiger partial charge is 0.337 e. The Hall–Kier alpha value is -4.59. The Kier molecular flexibility index (Phi) is 7.57. The van der Waals surface area contributed by atoms with Gasteiger partial charge in [0, 0.05) is 11.3 Å². The maximum absolute atomic E-state index is 13.4. The number of aliphatic hydroxyl groups is 1. The SMILES string of the molecule is CCCOc1cccc(/C(O)=C2\C(=O)C(=O)N(c3cccc(C(=O)OC)c3)C2c2cccc(OC)c2)c1. The largest absolute Gasteiger partial charge is 0.507 e. The van der Waals surface area contributed by atoms with Crippen molar-refractivity contribution in [3.8, 4) is 11.5 Å². The number of hydrogen-bond donors (Lipinski definition) is 1. The van der Waals surface area contributed by atoms with Crippen molar-refractivity contribution in [2.75, 3.05) is 25.7 Å². The molecule has 0 radical (unpaired) electrons. The van der Waals surface area contributed by atoms with Gasteiger partial charge in [0.05, 0.1) is 38.0 Å². The predicted molar refractivity (Wildman–Crippen MR) is 138 cm³/mol. The monoisotopic (exact) mass is 501 g/mol. The third-order valence-electron chi connectivity index (χ3n) is 5.98. The van der Waals surface area contributed by atoms with Gasteiger partial charge in [-0.15, -0.1) is 0 Å². The van der Waals surface area contributed by atoms with Crippen molar-refractivity contribution < 1.29 is 33.7 Å². The van der Waals surface area contributed by atoms with Crippen LogP contribution < -0.4 is 14.4 Å². The third kappa shape index (κ3) is 5.04. The molecule has 190 valence electrons. The van der Waals surface area contributed by atoms with Gasteiger partial charge in [-0.05, 0) is 54.4 Å². The molecule has 3 aromatic rings. The predicted octanol–water partition coefficient (Wildman–Crippen LogP) is 4.90.